The number of rotatable bonds is 7. The summed E-state index contributed by atoms with van der Waals surface area (Å²) in [6.45, 7) is 6.68. The third-order valence-electron chi connectivity index (χ3n) is 3.07. The lowest BCUT2D eigenvalue weighted by Crippen LogP contribution is -2.28. The minimum absolute atomic E-state index is 0.114. The van der Waals surface area contributed by atoms with E-state index in [4.69, 9.17) is 0 Å². The van der Waals surface area contributed by atoms with Gasteiger partial charge >= 0.3 is 0 Å². The van der Waals surface area contributed by atoms with E-state index in [1.165, 1.54) is 12.8 Å². The Bertz CT molecular complexity index is 338. The number of aliphatic hydroxyl groups excluding tert-OH is 1. The Balaban J connectivity index is 2.83. The molecule has 0 aliphatic rings. The van der Waals surface area contributed by atoms with Crippen LogP contribution in [-0.4, -0.2) is 23.2 Å². The van der Waals surface area contributed by atoms with Gasteiger partial charge in [-0.15, -0.1) is 0 Å². The highest BCUT2D eigenvalue weighted by molar-refractivity contribution is 7.15. The predicted molar refractivity (Wildman–Crippen MR) is 74.8 cm³/mol. The summed E-state index contributed by atoms with van der Waals surface area (Å²) in [5.74, 6) is 0. The molecular formula is C13H24N2OS. The van der Waals surface area contributed by atoms with Gasteiger partial charge in [0.2, 0.25) is 0 Å². The fourth-order valence-corrected chi connectivity index (χ4v) is 2.91. The maximum absolute atomic E-state index is 9.33. The summed E-state index contributed by atoms with van der Waals surface area (Å²) in [6.07, 6.45) is 4.39. The van der Waals surface area contributed by atoms with E-state index < -0.39 is 0 Å². The molecule has 1 aromatic rings. The molecule has 1 N–H and O–H groups in total. The Morgan fingerprint density at radius 1 is 1.35 bits per heavy atom. The monoisotopic (exact) mass is 256 g/mol. The zero-order chi connectivity index (χ0) is 12.8. The fourth-order valence-electron chi connectivity index (χ4n) is 1.88. The molecule has 3 nitrogen and oxygen atoms in total. The molecule has 0 fully saturated rings. The number of anilines is 1. The highest BCUT2D eigenvalue weighted by Crippen LogP contribution is 2.28. The molecule has 0 saturated heterocycles. The van der Waals surface area contributed by atoms with E-state index >= 15 is 0 Å². The van der Waals surface area contributed by atoms with Crippen LogP contribution in [0, 0.1) is 0 Å². The first-order valence-corrected chi connectivity index (χ1v) is 7.27. The van der Waals surface area contributed by atoms with Crippen molar-refractivity contribution in [1.29, 1.82) is 0 Å². The van der Waals surface area contributed by atoms with Gasteiger partial charge in [0, 0.05) is 13.1 Å². The van der Waals surface area contributed by atoms with Crippen molar-refractivity contribution < 1.29 is 5.11 Å². The second-order valence-electron chi connectivity index (χ2n) is 4.52. The zero-order valence-electron chi connectivity index (χ0n) is 11.4. The van der Waals surface area contributed by atoms with Gasteiger partial charge < -0.3 is 10.0 Å². The van der Waals surface area contributed by atoms with E-state index in [2.05, 4.69) is 37.7 Å². The number of hydrogen-bond acceptors (Lipinski definition) is 4. The van der Waals surface area contributed by atoms with Crippen LogP contribution in [0.3, 0.4) is 0 Å². The molecule has 1 rings (SSSR count). The van der Waals surface area contributed by atoms with E-state index in [0.29, 0.717) is 6.04 Å². The van der Waals surface area contributed by atoms with E-state index in [9.17, 15) is 5.11 Å². The largest absolute Gasteiger partial charge is 0.391 e. The lowest BCUT2D eigenvalue weighted by atomic mass is 10.2. The van der Waals surface area contributed by atoms with E-state index in [0.717, 1.165) is 28.5 Å². The molecule has 0 aromatic carbocycles. The van der Waals surface area contributed by atoms with Crippen LogP contribution in [0.5, 0.6) is 0 Å². The van der Waals surface area contributed by atoms with E-state index in [1.807, 2.05) is 0 Å². The van der Waals surface area contributed by atoms with Crippen LogP contribution >= 0.6 is 11.3 Å². The maximum Gasteiger partial charge on any atom is 0.185 e. The number of nitrogens with zero attached hydrogens (tertiary/aromatic N) is 2. The van der Waals surface area contributed by atoms with Crippen molar-refractivity contribution in [2.75, 3.05) is 11.9 Å². The first kappa shape index (κ1) is 14.5. The number of aliphatic hydroxyl groups is 1. The van der Waals surface area contributed by atoms with E-state index in [-0.39, 0.29) is 6.61 Å². The van der Waals surface area contributed by atoms with Gasteiger partial charge in [0.15, 0.2) is 5.13 Å². The first-order valence-electron chi connectivity index (χ1n) is 6.46. The van der Waals surface area contributed by atoms with Crippen molar-refractivity contribution in [2.45, 2.75) is 59.1 Å². The van der Waals surface area contributed by atoms with Crippen LogP contribution in [-0.2, 0) is 13.0 Å². The smallest absolute Gasteiger partial charge is 0.185 e. The third-order valence-corrected chi connectivity index (χ3v) is 4.24. The quantitative estimate of drug-likeness (QED) is 0.814. The summed E-state index contributed by atoms with van der Waals surface area (Å²) in [4.78, 5) is 7.91. The molecule has 17 heavy (non-hydrogen) atoms. The standard InChI is InChI=1S/C13H24N2OS/c1-5-7-10(3)15(4)13-14-11(8-6-2)12(9-16)17-13/h10,16H,5-9H2,1-4H3. The molecule has 0 aliphatic carbocycles. The highest BCUT2D eigenvalue weighted by Gasteiger charge is 2.16. The summed E-state index contributed by atoms with van der Waals surface area (Å²) in [5, 5.41) is 10.4. The predicted octanol–water partition coefficient (Wildman–Crippen LogP) is 3.21. The number of aryl methyl sites for hydroxylation is 1. The molecule has 0 amide bonds. The van der Waals surface area contributed by atoms with Gasteiger partial charge in [0.1, 0.15) is 0 Å². The molecule has 0 radical (unpaired) electrons. The molecule has 0 aliphatic heterocycles. The highest BCUT2D eigenvalue weighted by atomic mass is 32.1. The maximum atomic E-state index is 9.33. The van der Waals surface area contributed by atoms with Gasteiger partial charge in [-0.25, -0.2) is 4.98 Å². The van der Waals surface area contributed by atoms with Crippen LogP contribution < -0.4 is 4.90 Å². The van der Waals surface area contributed by atoms with Crippen molar-refractivity contribution in [2.24, 2.45) is 0 Å². The van der Waals surface area contributed by atoms with Crippen LogP contribution in [0.4, 0.5) is 5.13 Å². The minimum Gasteiger partial charge on any atom is -0.391 e. The van der Waals surface area contributed by atoms with E-state index in [1.54, 1.807) is 11.3 Å². The molecule has 0 spiro atoms. The summed E-state index contributed by atoms with van der Waals surface area (Å²) >= 11 is 1.63. The second-order valence-corrected chi connectivity index (χ2v) is 5.59. The molecule has 0 bridgehead atoms. The van der Waals surface area contributed by atoms with Crippen molar-refractivity contribution in [3.63, 3.8) is 0 Å². The average molecular weight is 256 g/mol. The van der Waals surface area contributed by atoms with Crippen LogP contribution in [0.1, 0.15) is 50.6 Å². The fraction of sp³-hybridized carbons (Fsp3) is 0.769. The molecule has 1 aromatic heterocycles. The molecule has 0 saturated carbocycles. The molecule has 98 valence electrons. The number of aromatic nitrogens is 1. The van der Waals surface area contributed by atoms with Crippen LogP contribution in [0.15, 0.2) is 0 Å². The Morgan fingerprint density at radius 2 is 2.06 bits per heavy atom. The van der Waals surface area contributed by atoms with Gasteiger partial charge in [-0.1, -0.05) is 38.0 Å². The Morgan fingerprint density at radius 3 is 2.59 bits per heavy atom. The molecular weight excluding hydrogens is 232 g/mol. The summed E-state index contributed by atoms with van der Waals surface area (Å²) in [5.41, 5.74) is 1.07. The van der Waals surface area contributed by atoms with Crippen LogP contribution in [0.25, 0.3) is 0 Å². The summed E-state index contributed by atoms with van der Waals surface area (Å²) in [6, 6.07) is 0.507. The molecule has 1 heterocycles. The van der Waals surface area contributed by atoms with Crippen molar-refractivity contribution in [3.05, 3.63) is 10.6 Å². The molecule has 4 heteroatoms. The Labute approximate surface area is 108 Å². The van der Waals surface area contributed by atoms with Gasteiger partial charge in [0.05, 0.1) is 17.2 Å². The van der Waals surface area contributed by atoms with Crippen molar-refractivity contribution in [3.8, 4) is 0 Å². The number of thiazole rings is 1. The van der Waals surface area contributed by atoms with Crippen molar-refractivity contribution in [1.82, 2.24) is 4.98 Å². The first-order chi connectivity index (χ1) is 8.13. The lowest BCUT2D eigenvalue weighted by molar-refractivity contribution is 0.284. The third kappa shape index (κ3) is 3.68. The van der Waals surface area contributed by atoms with Gasteiger partial charge in [-0.05, 0) is 19.8 Å². The van der Waals surface area contributed by atoms with Crippen molar-refractivity contribution >= 4 is 16.5 Å². The second kappa shape index (κ2) is 6.97. The lowest BCUT2D eigenvalue weighted by Gasteiger charge is -2.23. The molecule has 1 unspecified atom stereocenters. The normalized spacial score (nSPS) is 12.8. The number of hydrogen-bond donors (Lipinski definition) is 1. The SMILES string of the molecule is CCCc1nc(N(C)C(C)CCC)sc1CO. The van der Waals surface area contributed by atoms with Gasteiger partial charge in [-0.2, -0.15) is 0 Å². The minimum atomic E-state index is 0.114. The average Bonchev–Trinajstić information content (AvgIpc) is 2.72. The van der Waals surface area contributed by atoms with Gasteiger partial charge in [-0.3, -0.25) is 0 Å². The summed E-state index contributed by atoms with van der Waals surface area (Å²) in [7, 11) is 2.09. The summed E-state index contributed by atoms with van der Waals surface area (Å²) < 4.78 is 0. The van der Waals surface area contributed by atoms with Crippen LogP contribution in [0.2, 0.25) is 0 Å². The zero-order valence-corrected chi connectivity index (χ0v) is 12.2. The molecule has 1 atom stereocenters. The topological polar surface area (TPSA) is 36.4 Å². The Kier molecular flexibility index (Phi) is 5.92. The Hall–Kier alpha value is -0.610. The van der Waals surface area contributed by atoms with Gasteiger partial charge in [0.25, 0.3) is 0 Å².